The third-order valence-corrected chi connectivity index (χ3v) is 4.28. The molecule has 1 heterocycles. The van der Waals surface area contributed by atoms with Crippen LogP contribution in [0, 0.1) is 0 Å². The topological polar surface area (TPSA) is 21.3 Å². The van der Waals surface area contributed by atoms with Crippen LogP contribution in [0.15, 0.2) is 22.7 Å². The Morgan fingerprint density at radius 3 is 3.06 bits per heavy atom. The highest BCUT2D eigenvalue weighted by molar-refractivity contribution is 9.10. The van der Waals surface area contributed by atoms with Crippen molar-refractivity contribution in [2.45, 2.75) is 38.5 Å². The van der Waals surface area contributed by atoms with Crippen LogP contribution >= 0.6 is 27.5 Å². The lowest BCUT2D eigenvalue weighted by Crippen LogP contribution is -2.37. The molecule has 0 amide bonds. The van der Waals surface area contributed by atoms with Gasteiger partial charge in [0.05, 0.1) is 11.1 Å². The number of benzene rings is 1. The smallest absolute Gasteiger partial charge is 0.0561 e. The van der Waals surface area contributed by atoms with Gasteiger partial charge in [-0.3, -0.25) is 0 Å². The molecule has 17 heavy (non-hydrogen) atoms. The summed E-state index contributed by atoms with van der Waals surface area (Å²) in [7, 11) is 0. The van der Waals surface area contributed by atoms with E-state index < -0.39 is 0 Å². The van der Waals surface area contributed by atoms with Crippen molar-refractivity contribution in [2.75, 3.05) is 6.61 Å². The zero-order chi connectivity index (χ0) is 12.3. The van der Waals surface area contributed by atoms with Crippen molar-refractivity contribution in [1.29, 1.82) is 0 Å². The molecule has 1 saturated heterocycles. The van der Waals surface area contributed by atoms with Gasteiger partial charge < -0.3 is 10.1 Å². The molecule has 2 atom stereocenters. The first-order chi connectivity index (χ1) is 8.15. The van der Waals surface area contributed by atoms with Crippen LogP contribution in [0.5, 0.6) is 0 Å². The van der Waals surface area contributed by atoms with E-state index in [4.69, 9.17) is 16.3 Å². The van der Waals surface area contributed by atoms with Crippen LogP contribution in [0.1, 0.15) is 25.3 Å². The summed E-state index contributed by atoms with van der Waals surface area (Å²) in [5.74, 6) is 0. The van der Waals surface area contributed by atoms with Gasteiger partial charge in [0, 0.05) is 23.7 Å². The summed E-state index contributed by atoms with van der Waals surface area (Å²) in [6.45, 7) is 3.88. The molecular weight excluding hydrogens is 302 g/mol. The van der Waals surface area contributed by atoms with E-state index in [0.717, 1.165) is 35.5 Å². The maximum atomic E-state index is 5.96. The molecule has 4 heteroatoms. The van der Waals surface area contributed by atoms with E-state index in [-0.39, 0.29) is 0 Å². The molecule has 94 valence electrons. The van der Waals surface area contributed by atoms with Gasteiger partial charge in [-0.25, -0.2) is 0 Å². The average molecular weight is 319 g/mol. The van der Waals surface area contributed by atoms with Crippen molar-refractivity contribution >= 4 is 27.5 Å². The van der Waals surface area contributed by atoms with E-state index in [0.29, 0.717) is 12.1 Å². The lowest BCUT2D eigenvalue weighted by Gasteiger charge is -2.28. The van der Waals surface area contributed by atoms with Gasteiger partial charge in [0.2, 0.25) is 0 Å². The Bertz CT molecular complexity index is 386. The Hall–Kier alpha value is -0.0900. The second kappa shape index (κ2) is 6.19. The summed E-state index contributed by atoms with van der Waals surface area (Å²) >= 11 is 9.41. The SMILES string of the molecule is CC1CC(NCc2ccc(Cl)c(Br)c2)CCO1. The minimum absolute atomic E-state index is 0.373. The predicted octanol–water partition coefficient (Wildman–Crippen LogP) is 3.76. The second-order valence-corrected chi connectivity index (χ2v) is 5.79. The highest BCUT2D eigenvalue weighted by Crippen LogP contribution is 2.23. The minimum atomic E-state index is 0.373. The van der Waals surface area contributed by atoms with Crippen LogP contribution in [0.2, 0.25) is 5.02 Å². The fourth-order valence-corrected chi connectivity index (χ4v) is 2.64. The quantitative estimate of drug-likeness (QED) is 0.916. The van der Waals surface area contributed by atoms with Crippen molar-refractivity contribution in [3.8, 4) is 0 Å². The molecule has 0 aliphatic carbocycles. The molecule has 2 nitrogen and oxygen atoms in total. The summed E-state index contributed by atoms with van der Waals surface area (Å²) in [5.41, 5.74) is 1.25. The zero-order valence-electron chi connectivity index (χ0n) is 9.88. The highest BCUT2D eigenvalue weighted by Gasteiger charge is 2.18. The maximum Gasteiger partial charge on any atom is 0.0561 e. The van der Waals surface area contributed by atoms with Gasteiger partial charge in [-0.05, 0) is 53.4 Å². The van der Waals surface area contributed by atoms with E-state index in [1.165, 1.54) is 5.56 Å². The Kier molecular flexibility index (Phi) is 4.86. The number of halogens is 2. The van der Waals surface area contributed by atoms with Gasteiger partial charge in [0.1, 0.15) is 0 Å². The third-order valence-electron chi connectivity index (χ3n) is 3.06. The van der Waals surface area contributed by atoms with Crippen molar-refractivity contribution in [3.05, 3.63) is 33.3 Å². The molecule has 1 aliphatic heterocycles. The van der Waals surface area contributed by atoms with Crippen LogP contribution in [0.3, 0.4) is 0 Å². The largest absolute Gasteiger partial charge is 0.378 e. The van der Waals surface area contributed by atoms with Gasteiger partial charge in [-0.2, -0.15) is 0 Å². The maximum absolute atomic E-state index is 5.96. The summed E-state index contributed by atoms with van der Waals surface area (Å²) in [6.07, 6.45) is 2.56. The summed E-state index contributed by atoms with van der Waals surface area (Å²) in [6, 6.07) is 6.61. The van der Waals surface area contributed by atoms with Crippen LogP contribution < -0.4 is 5.32 Å². The first kappa shape index (κ1) is 13.3. The fourth-order valence-electron chi connectivity index (χ4n) is 2.10. The van der Waals surface area contributed by atoms with Crippen LogP contribution in [-0.4, -0.2) is 18.8 Å². The van der Waals surface area contributed by atoms with Crippen LogP contribution in [0.25, 0.3) is 0 Å². The second-order valence-electron chi connectivity index (χ2n) is 4.53. The molecule has 1 N–H and O–H groups in total. The molecule has 1 aliphatic rings. The standard InChI is InChI=1S/C13H17BrClNO/c1-9-6-11(4-5-17-9)16-8-10-2-3-13(15)12(14)7-10/h2-3,7,9,11,16H,4-6,8H2,1H3. The number of ether oxygens (including phenoxy) is 1. The Labute approximate surface area is 116 Å². The van der Waals surface area contributed by atoms with Crippen LogP contribution in [0.4, 0.5) is 0 Å². The van der Waals surface area contributed by atoms with Gasteiger partial charge >= 0.3 is 0 Å². The Balaban J connectivity index is 1.86. The monoisotopic (exact) mass is 317 g/mol. The van der Waals surface area contributed by atoms with Gasteiger partial charge in [-0.15, -0.1) is 0 Å². The first-order valence-corrected chi connectivity index (χ1v) is 7.11. The van der Waals surface area contributed by atoms with E-state index in [9.17, 15) is 0 Å². The Morgan fingerprint density at radius 1 is 1.53 bits per heavy atom. The van der Waals surface area contributed by atoms with Gasteiger partial charge in [0.25, 0.3) is 0 Å². The summed E-state index contributed by atoms with van der Waals surface area (Å²) in [5, 5.41) is 4.33. The van der Waals surface area contributed by atoms with Crippen LogP contribution in [-0.2, 0) is 11.3 Å². The Morgan fingerprint density at radius 2 is 2.35 bits per heavy atom. The molecule has 0 bridgehead atoms. The summed E-state index contributed by atoms with van der Waals surface area (Å²) in [4.78, 5) is 0. The minimum Gasteiger partial charge on any atom is -0.378 e. The van der Waals surface area contributed by atoms with Crippen molar-refractivity contribution in [2.24, 2.45) is 0 Å². The molecule has 2 unspecified atom stereocenters. The zero-order valence-corrected chi connectivity index (χ0v) is 12.2. The van der Waals surface area contributed by atoms with Crippen molar-refractivity contribution < 1.29 is 4.74 Å². The lowest BCUT2D eigenvalue weighted by atomic mass is 10.0. The third kappa shape index (κ3) is 3.95. The van der Waals surface area contributed by atoms with E-state index >= 15 is 0 Å². The fraction of sp³-hybridized carbons (Fsp3) is 0.538. The molecule has 1 fully saturated rings. The molecule has 0 aromatic heterocycles. The van der Waals surface area contributed by atoms with E-state index in [2.05, 4.69) is 40.3 Å². The number of hydrogen-bond acceptors (Lipinski definition) is 2. The number of hydrogen-bond donors (Lipinski definition) is 1. The number of nitrogens with one attached hydrogen (secondary N) is 1. The number of rotatable bonds is 3. The van der Waals surface area contributed by atoms with Gasteiger partial charge in [0.15, 0.2) is 0 Å². The molecule has 0 radical (unpaired) electrons. The predicted molar refractivity (Wildman–Crippen MR) is 74.4 cm³/mol. The molecule has 2 rings (SSSR count). The lowest BCUT2D eigenvalue weighted by molar-refractivity contribution is 0.0130. The van der Waals surface area contributed by atoms with E-state index in [1.807, 2.05) is 6.07 Å². The first-order valence-electron chi connectivity index (χ1n) is 5.94. The van der Waals surface area contributed by atoms with E-state index in [1.54, 1.807) is 0 Å². The molecule has 0 spiro atoms. The molecular formula is C13H17BrClNO. The normalized spacial score (nSPS) is 24.9. The van der Waals surface area contributed by atoms with Crippen molar-refractivity contribution in [3.63, 3.8) is 0 Å². The van der Waals surface area contributed by atoms with Gasteiger partial charge in [-0.1, -0.05) is 17.7 Å². The molecule has 1 aromatic rings. The molecule has 0 saturated carbocycles. The highest BCUT2D eigenvalue weighted by atomic mass is 79.9. The summed E-state index contributed by atoms with van der Waals surface area (Å²) < 4.78 is 6.49. The average Bonchev–Trinajstić information content (AvgIpc) is 2.31. The molecule has 1 aromatic carbocycles. The van der Waals surface area contributed by atoms with Crippen molar-refractivity contribution in [1.82, 2.24) is 5.32 Å².